The highest BCUT2D eigenvalue weighted by Gasteiger charge is 2.43. The minimum Gasteiger partial charge on any atom is -0.388 e. The average Bonchev–Trinajstić information content (AvgIpc) is 3.22. The molecule has 0 saturated heterocycles. The number of benzene rings is 2. The Morgan fingerprint density at radius 2 is 1.89 bits per heavy atom. The van der Waals surface area contributed by atoms with Crippen molar-refractivity contribution in [3.05, 3.63) is 69.2 Å². The van der Waals surface area contributed by atoms with Crippen molar-refractivity contribution in [2.75, 3.05) is 0 Å². The van der Waals surface area contributed by atoms with Crippen molar-refractivity contribution < 1.29 is 5.11 Å². The third kappa shape index (κ3) is 2.71. The number of hydrogen-bond donors (Lipinski definition) is 1. The van der Waals surface area contributed by atoms with Crippen molar-refractivity contribution in [2.24, 2.45) is 5.92 Å². The largest absolute Gasteiger partial charge is 0.388 e. The van der Waals surface area contributed by atoms with Gasteiger partial charge in [0.2, 0.25) is 0 Å². The topological polar surface area (TPSA) is 20.2 Å². The fourth-order valence-corrected chi connectivity index (χ4v) is 3.10. The summed E-state index contributed by atoms with van der Waals surface area (Å²) in [7, 11) is 0. The summed E-state index contributed by atoms with van der Waals surface area (Å²) in [6.07, 6.45) is 0.629. The van der Waals surface area contributed by atoms with Crippen LogP contribution >= 0.6 is 27.5 Å². The molecule has 3 unspecified atom stereocenters. The molecular weight excluding hydrogens is 324 g/mol. The summed E-state index contributed by atoms with van der Waals surface area (Å²) in [6.45, 7) is 0. The van der Waals surface area contributed by atoms with E-state index < -0.39 is 6.10 Å². The lowest BCUT2D eigenvalue weighted by molar-refractivity contribution is 0.151. The molecule has 3 atom stereocenters. The van der Waals surface area contributed by atoms with Gasteiger partial charge in [0.1, 0.15) is 0 Å². The Balaban J connectivity index is 1.76. The normalized spacial score (nSPS) is 23.1. The van der Waals surface area contributed by atoms with E-state index in [4.69, 9.17) is 11.6 Å². The van der Waals surface area contributed by atoms with Gasteiger partial charge in [-0.3, -0.25) is 0 Å². The predicted octanol–water partition coefficient (Wildman–Crippen LogP) is 4.94. The highest BCUT2D eigenvalue weighted by molar-refractivity contribution is 9.10. The molecule has 1 fully saturated rings. The van der Waals surface area contributed by atoms with Crippen LogP contribution in [0.25, 0.3) is 0 Å². The molecular formula is C16H14BrClO. The number of aliphatic hydroxyl groups excluding tert-OH is 1. The van der Waals surface area contributed by atoms with Gasteiger partial charge in [-0.05, 0) is 57.4 Å². The van der Waals surface area contributed by atoms with E-state index in [2.05, 4.69) is 40.2 Å². The number of halogens is 2. The van der Waals surface area contributed by atoms with E-state index >= 15 is 0 Å². The maximum absolute atomic E-state index is 10.4. The molecule has 1 N–H and O–H groups in total. The first-order valence-corrected chi connectivity index (χ1v) is 7.52. The van der Waals surface area contributed by atoms with Gasteiger partial charge >= 0.3 is 0 Å². The van der Waals surface area contributed by atoms with Crippen LogP contribution in [0.15, 0.2) is 53.0 Å². The summed E-state index contributed by atoms with van der Waals surface area (Å²) in [6, 6.07) is 16.0. The Hall–Kier alpha value is -0.830. The standard InChI is InChI=1S/C16H14BrClO/c17-14-8-11(6-7-15(14)18)16(19)13-9-12(13)10-4-2-1-3-5-10/h1-8,12-13,16,19H,9H2. The second-order valence-electron chi connectivity index (χ2n) is 5.04. The molecule has 1 aliphatic rings. The monoisotopic (exact) mass is 336 g/mol. The Bertz CT molecular complexity index is 585. The first-order valence-electron chi connectivity index (χ1n) is 6.35. The molecule has 0 amide bonds. The average molecular weight is 338 g/mol. The maximum atomic E-state index is 10.4. The maximum Gasteiger partial charge on any atom is 0.0824 e. The second kappa shape index (κ2) is 5.28. The Morgan fingerprint density at radius 1 is 1.16 bits per heavy atom. The van der Waals surface area contributed by atoms with Crippen LogP contribution in [0.5, 0.6) is 0 Å². The zero-order chi connectivity index (χ0) is 13.4. The van der Waals surface area contributed by atoms with Gasteiger partial charge in [0.25, 0.3) is 0 Å². The minimum absolute atomic E-state index is 0.315. The van der Waals surface area contributed by atoms with Gasteiger partial charge in [0.05, 0.1) is 11.1 Å². The summed E-state index contributed by atoms with van der Waals surface area (Å²) in [5.41, 5.74) is 2.25. The Kier molecular flexibility index (Phi) is 3.66. The quantitative estimate of drug-likeness (QED) is 0.841. The zero-order valence-electron chi connectivity index (χ0n) is 10.3. The van der Waals surface area contributed by atoms with Crippen LogP contribution in [0, 0.1) is 5.92 Å². The molecule has 3 rings (SSSR count). The number of aliphatic hydroxyl groups is 1. The summed E-state index contributed by atoms with van der Waals surface area (Å²) in [4.78, 5) is 0. The van der Waals surface area contributed by atoms with Crippen LogP contribution in [0.1, 0.15) is 29.6 Å². The van der Waals surface area contributed by atoms with Crippen LogP contribution in [0.2, 0.25) is 5.02 Å². The number of hydrogen-bond acceptors (Lipinski definition) is 1. The molecule has 19 heavy (non-hydrogen) atoms. The highest BCUT2D eigenvalue weighted by Crippen LogP contribution is 2.54. The molecule has 0 aliphatic heterocycles. The van der Waals surface area contributed by atoms with Crippen LogP contribution in [0.4, 0.5) is 0 Å². The van der Waals surface area contributed by atoms with Crippen LogP contribution in [-0.4, -0.2) is 5.11 Å². The third-order valence-electron chi connectivity index (χ3n) is 3.76. The van der Waals surface area contributed by atoms with Crippen molar-refractivity contribution >= 4 is 27.5 Å². The SMILES string of the molecule is OC(c1ccc(Cl)c(Br)c1)C1CC1c1ccccc1. The molecule has 1 saturated carbocycles. The molecule has 2 aromatic carbocycles. The zero-order valence-corrected chi connectivity index (χ0v) is 12.6. The van der Waals surface area contributed by atoms with E-state index in [9.17, 15) is 5.11 Å². The van der Waals surface area contributed by atoms with E-state index in [1.165, 1.54) is 5.56 Å². The molecule has 3 heteroatoms. The summed E-state index contributed by atoms with van der Waals surface area (Å²) < 4.78 is 0.836. The van der Waals surface area contributed by atoms with E-state index in [0.717, 1.165) is 16.5 Å². The lowest BCUT2D eigenvalue weighted by Crippen LogP contribution is -2.01. The van der Waals surface area contributed by atoms with Gasteiger partial charge in [-0.25, -0.2) is 0 Å². The van der Waals surface area contributed by atoms with Crippen molar-refractivity contribution in [2.45, 2.75) is 18.4 Å². The van der Waals surface area contributed by atoms with Gasteiger partial charge < -0.3 is 5.11 Å². The van der Waals surface area contributed by atoms with Crippen molar-refractivity contribution in [1.29, 1.82) is 0 Å². The Morgan fingerprint density at radius 3 is 2.58 bits per heavy atom. The van der Waals surface area contributed by atoms with E-state index in [0.29, 0.717) is 16.9 Å². The fraction of sp³-hybridized carbons (Fsp3) is 0.250. The van der Waals surface area contributed by atoms with E-state index in [1.54, 1.807) is 0 Å². The van der Waals surface area contributed by atoms with Crippen LogP contribution < -0.4 is 0 Å². The summed E-state index contributed by atoms with van der Waals surface area (Å²) in [5.74, 6) is 0.793. The number of rotatable bonds is 3. The molecule has 0 bridgehead atoms. The molecule has 0 heterocycles. The van der Waals surface area contributed by atoms with Crippen molar-refractivity contribution in [3.8, 4) is 0 Å². The predicted molar refractivity (Wildman–Crippen MR) is 81.4 cm³/mol. The molecule has 2 aromatic rings. The fourth-order valence-electron chi connectivity index (χ4n) is 2.59. The van der Waals surface area contributed by atoms with Gasteiger partial charge in [-0.1, -0.05) is 48.0 Å². The molecule has 0 spiro atoms. The van der Waals surface area contributed by atoms with Gasteiger partial charge in [0.15, 0.2) is 0 Å². The molecule has 98 valence electrons. The van der Waals surface area contributed by atoms with Crippen LogP contribution in [-0.2, 0) is 0 Å². The van der Waals surface area contributed by atoms with Gasteiger partial charge in [0, 0.05) is 4.47 Å². The Labute approximate surface area is 126 Å². The van der Waals surface area contributed by atoms with E-state index in [-0.39, 0.29) is 0 Å². The lowest BCUT2D eigenvalue weighted by atomic mass is 10.0. The molecule has 1 nitrogen and oxygen atoms in total. The summed E-state index contributed by atoms with van der Waals surface area (Å²) >= 11 is 9.38. The van der Waals surface area contributed by atoms with Crippen molar-refractivity contribution in [3.63, 3.8) is 0 Å². The second-order valence-corrected chi connectivity index (χ2v) is 6.30. The highest BCUT2D eigenvalue weighted by atomic mass is 79.9. The minimum atomic E-state index is -0.418. The lowest BCUT2D eigenvalue weighted by Gasteiger charge is -2.12. The first kappa shape index (κ1) is 13.2. The first-order chi connectivity index (χ1) is 9.16. The van der Waals surface area contributed by atoms with Gasteiger partial charge in [-0.15, -0.1) is 0 Å². The smallest absolute Gasteiger partial charge is 0.0824 e. The molecule has 0 aromatic heterocycles. The van der Waals surface area contributed by atoms with Gasteiger partial charge in [-0.2, -0.15) is 0 Å². The molecule has 1 aliphatic carbocycles. The third-order valence-corrected chi connectivity index (χ3v) is 4.97. The summed E-state index contributed by atoms with van der Waals surface area (Å²) in [5, 5.41) is 11.1. The van der Waals surface area contributed by atoms with Crippen molar-refractivity contribution in [1.82, 2.24) is 0 Å². The van der Waals surface area contributed by atoms with E-state index in [1.807, 2.05) is 24.3 Å². The van der Waals surface area contributed by atoms with Crippen LogP contribution in [0.3, 0.4) is 0 Å². The molecule has 0 radical (unpaired) electrons.